The van der Waals surface area contributed by atoms with Crippen molar-refractivity contribution >= 4 is 28.3 Å². The van der Waals surface area contributed by atoms with Crippen LogP contribution in [-0.4, -0.2) is 21.5 Å². The lowest BCUT2D eigenvalue weighted by Gasteiger charge is -2.08. The average Bonchev–Trinajstić information content (AvgIpc) is 2.49. The Balaban J connectivity index is 1.73. The molecule has 1 N–H and O–H groups in total. The van der Waals surface area contributed by atoms with E-state index in [2.05, 4.69) is 44.5 Å². The first-order chi connectivity index (χ1) is 9.84. The standard InChI is InChI=1S/C15H13ClN4/c16-13-9-17-10-20-15(13)19-8-6-12-4-1-3-11-5-2-7-18-14(11)12/h1-5,7,9-10H,6,8H2,(H,17,19,20). The molecule has 0 bridgehead atoms. The van der Waals surface area contributed by atoms with E-state index in [1.165, 1.54) is 11.9 Å². The first kappa shape index (κ1) is 12.8. The second-order valence-electron chi connectivity index (χ2n) is 4.39. The number of hydrogen-bond acceptors (Lipinski definition) is 4. The number of nitrogens with zero attached hydrogens (tertiary/aromatic N) is 3. The fourth-order valence-electron chi connectivity index (χ4n) is 2.13. The summed E-state index contributed by atoms with van der Waals surface area (Å²) in [4.78, 5) is 12.4. The minimum absolute atomic E-state index is 0.531. The molecular formula is C15H13ClN4. The summed E-state index contributed by atoms with van der Waals surface area (Å²) < 4.78 is 0. The molecule has 0 spiro atoms. The summed E-state index contributed by atoms with van der Waals surface area (Å²) in [6.07, 6.45) is 5.74. The van der Waals surface area contributed by atoms with Gasteiger partial charge in [0.25, 0.3) is 0 Å². The van der Waals surface area contributed by atoms with E-state index in [-0.39, 0.29) is 0 Å². The van der Waals surface area contributed by atoms with Gasteiger partial charge in [-0.1, -0.05) is 35.9 Å². The van der Waals surface area contributed by atoms with Gasteiger partial charge in [0.1, 0.15) is 17.2 Å². The van der Waals surface area contributed by atoms with Crippen LogP contribution in [0.25, 0.3) is 10.9 Å². The van der Waals surface area contributed by atoms with Crippen LogP contribution >= 0.6 is 11.6 Å². The highest BCUT2D eigenvalue weighted by Crippen LogP contribution is 2.18. The van der Waals surface area contributed by atoms with Crippen LogP contribution in [0.15, 0.2) is 49.1 Å². The molecule has 0 atom stereocenters. The van der Waals surface area contributed by atoms with Crippen LogP contribution in [0.4, 0.5) is 5.82 Å². The van der Waals surface area contributed by atoms with Gasteiger partial charge in [0.05, 0.1) is 11.7 Å². The van der Waals surface area contributed by atoms with Crippen molar-refractivity contribution in [2.24, 2.45) is 0 Å². The molecule has 0 aliphatic carbocycles. The summed E-state index contributed by atoms with van der Waals surface area (Å²) in [5.41, 5.74) is 2.26. The van der Waals surface area contributed by atoms with Crippen LogP contribution in [0.3, 0.4) is 0 Å². The number of aromatic nitrogens is 3. The van der Waals surface area contributed by atoms with E-state index in [0.717, 1.165) is 23.9 Å². The van der Waals surface area contributed by atoms with Crippen molar-refractivity contribution in [1.29, 1.82) is 0 Å². The van der Waals surface area contributed by atoms with E-state index >= 15 is 0 Å². The molecule has 0 saturated carbocycles. The maximum atomic E-state index is 6.00. The van der Waals surface area contributed by atoms with Crippen molar-refractivity contribution in [1.82, 2.24) is 15.0 Å². The fraction of sp³-hybridized carbons (Fsp3) is 0.133. The molecule has 0 fully saturated rings. The highest BCUT2D eigenvalue weighted by molar-refractivity contribution is 6.32. The number of rotatable bonds is 4. The number of pyridine rings is 1. The number of para-hydroxylation sites is 1. The number of fused-ring (bicyclic) bond motifs is 1. The number of benzene rings is 1. The van der Waals surface area contributed by atoms with Gasteiger partial charge in [-0.15, -0.1) is 0 Å². The molecule has 4 nitrogen and oxygen atoms in total. The molecule has 0 amide bonds. The third-order valence-corrected chi connectivity index (χ3v) is 3.35. The van der Waals surface area contributed by atoms with E-state index < -0.39 is 0 Å². The van der Waals surface area contributed by atoms with Crippen LogP contribution in [-0.2, 0) is 6.42 Å². The number of anilines is 1. The van der Waals surface area contributed by atoms with Crippen molar-refractivity contribution in [2.45, 2.75) is 6.42 Å². The first-order valence-electron chi connectivity index (χ1n) is 6.36. The monoisotopic (exact) mass is 284 g/mol. The maximum Gasteiger partial charge on any atom is 0.148 e. The quantitative estimate of drug-likeness (QED) is 0.798. The van der Waals surface area contributed by atoms with E-state index in [9.17, 15) is 0 Å². The SMILES string of the molecule is Clc1cncnc1NCCc1cccc2cccnc12. The van der Waals surface area contributed by atoms with Gasteiger partial charge in [-0.25, -0.2) is 9.97 Å². The molecule has 20 heavy (non-hydrogen) atoms. The Hall–Kier alpha value is -2.20. The lowest BCUT2D eigenvalue weighted by molar-refractivity contribution is 1.00. The molecule has 0 saturated heterocycles. The molecule has 0 radical (unpaired) electrons. The second kappa shape index (κ2) is 5.84. The van der Waals surface area contributed by atoms with Gasteiger partial charge in [-0.05, 0) is 18.1 Å². The van der Waals surface area contributed by atoms with E-state index in [4.69, 9.17) is 11.6 Å². The van der Waals surface area contributed by atoms with Gasteiger partial charge < -0.3 is 5.32 Å². The van der Waals surface area contributed by atoms with E-state index in [1.807, 2.05) is 12.3 Å². The van der Waals surface area contributed by atoms with Crippen molar-refractivity contribution in [3.05, 3.63) is 59.6 Å². The molecule has 0 aliphatic heterocycles. The molecule has 5 heteroatoms. The number of hydrogen-bond donors (Lipinski definition) is 1. The molecule has 2 heterocycles. The Morgan fingerprint density at radius 3 is 2.90 bits per heavy atom. The van der Waals surface area contributed by atoms with E-state index in [1.54, 1.807) is 6.20 Å². The molecule has 0 aliphatic rings. The predicted molar refractivity (Wildman–Crippen MR) is 81.0 cm³/mol. The molecule has 0 unspecified atom stereocenters. The largest absolute Gasteiger partial charge is 0.368 e. The maximum absolute atomic E-state index is 6.00. The lowest BCUT2D eigenvalue weighted by atomic mass is 10.1. The number of nitrogens with one attached hydrogen (secondary N) is 1. The van der Waals surface area contributed by atoms with Gasteiger partial charge in [0, 0.05) is 18.1 Å². The molecule has 2 aromatic heterocycles. The molecule has 1 aromatic carbocycles. The summed E-state index contributed by atoms with van der Waals surface area (Å²) in [6, 6.07) is 10.2. The van der Waals surface area contributed by atoms with Gasteiger partial charge in [0.2, 0.25) is 0 Å². The Morgan fingerprint density at radius 2 is 2.00 bits per heavy atom. The molecule has 3 rings (SSSR count). The van der Waals surface area contributed by atoms with Crippen molar-refractivity contribution in [3.8, 4) is 0 Å². The fourth-order valence-corrected chi connectivity index (χ4v) is 2.30. The highest BCUT2D eigenvalue weighted by atomic mass is 35.5. The van der Waals surface area contributed by atoms with Crippen molar-refractivity contribution in [3.63, 3.8) is 0 Å². The van der Waals surface area contributed by atoms with E-state index in [0.29, 0.717) is 10.8 Å². The number of halogens is 1. The topological polar surface area (TPSA) is 50.7 Å². The highest BCUT2D eigenvalue weighted by Gasteiger charge is 2.03. The third-order valence-electron chi connectivity index (χ3n) is 3.07. The van der Waals surface area contributed by atoms with Crippen LogP contribution in [0.2, 0.25) is 5.02 Å². The average molecular weight is 285 g/mol. The zero-order valence-electron chi connectivity index (χ0n) is 10.8. The molecule has 3 aromatic rings. The Morgan fingerprint density at radius 1 is 1.10 bits per heavy atom. The normalized spacial score (nSPS) is 10.7. The van der Waals surface area contributed by atoms with Crippen LogP contribution in [0, 0.1) is 0 Å². The van der Waals surface area contributed by atoms with Gasteiger partial charge in [0.15, 0.2) is 0 Å². The predicted octanol–water partition coefficient (Wildman–Crippen LogP) is 3.33. The van der Waals surface area contributed by atoms with Gasteiger partial charge >= 0.3 is 0 Å². The minimum Gasteiger partial charge on any atom is -0.368 e. The van der Waals surface area contributed by atoms with Crippen LogP contribution in [0.1, 0.15) is 5.56 Å². The van der Waals surface area contributed by atoms with Crippen LogP contribution < -0.4 is 5.32 Å². The summed E-state index contributed by atoms with van der Waals surface area (Å²) in [5, 5.41) is 4.90. The second-order valence-corrected chi connectivity index (χ2v) is 4.80. The third kappa shape index (κ3) is 2.70. The summed E-state index contributed by atoms with van der Waals surface area (Å²) in [6.45, 7) is 0.742. The Labute approximate surface area is 121 Å². The van der Waals surface area contributed by atoms with Gasteiger partial charge in [-0.2, -0.15) is 0 Å². The Kier molecular flexibility index (Phi) is 3.74. The summed E-state index contributed by atoms with van der Waals surface area (Å²) >= 11 is 6.00. The van der Waals surface area contributed by atoms with Crippen molar-refractivity contribution in [2.75, 3.05) is 11.9 Å². The zero-order chi connectivity index (χ0) is 13.8. The first-order valence-corrected chi connectivity index (χ1v) is 6.74. The van der Waals surface area contributed by atoms with Gasteiger partial charge in [-0.3, -0.25) is 4.98 Å². The minimum atomic E-state index is 0.531. The Bertz CT molecular complexity index is 724. The van der Waals surface area contributed by atoms with Crippen molar-refractivity contribution < 1.29 is 0 Å². The zero-order valence-corrected chi connectivity index (χ0v) is 11.5. The summed E-state index contributed by atoms with van der Waals surface area (Å²) in [7, 11) is 0. The molecule has 100 valence electrons. The summed E-state index contributed by atoms with van der Waals surface area (Å²) in [5.74, 6) is 0.662. The molecular weight excluding hydrogens is 272 g/mol. The lowest BCUT2D eigenvalue weighted by Crippen LogP contribution is -2.07. The van der Waals surface area contributed by atoms with Crippen LogP contribution in [0.5, 0.6) is 0 Å². The smallest absolute Gasteiger partial charge is 0.148 e.